The number of hydrogen-bond donors (Lipinski definition) is 0. The van der Waals surface area contributed by atoms with Crippen LogP contribution in [0.25, 0.3) is 5.65 Å². The average Bonchev–Trinajstić information content (AvgIpc) is 3.11. The van der Waals surface area contributed by atoms with Crippen LogP contribution in [0, 0.1) is 17.0 Å². The van der Waals surface area contributed by atoms with E-state index in [1.807, 2.05) is 0 Å². The molecular weight excluding hydrogens is 350 g/mol. The van der Waals surface area contributed by atoms with Crippen molar-refractivity contribution in [3.63, 3.8) is 0 Å². The molecule has 0 atom stereocenters. The van der Waals surface area contributed by atoms with Crippen molar-refractivity contribution in [2.75, 3.05) is 0 Å². The van der Waals surface area contributed by atoms with E-state index in [9.17, 15) is 19.7 Å². The minimum Gasteiger partial charge on any atom is -0.294 e. The summed E-state index contributed by atoms with van der Waals surface area (Å²) in [6.07, 6.45) is 1.97. The summed E-state index contributed by atoms with van der Waals surface area (Å²) >= 11 is 0. The van der Waals surface area contributed by atoms with Gasteiger partial charge in [-0.25, -0.2) is 0 Å². The van der Waals surface area contributed by atoms with E-state index in [2.05, 4.69) is 10.2 Å². The van der Waals surface area contributed by atoms with Crippen LogP contribution in [-0.4, -0.2) is 36.0 Å². The predicted octanol–water partition coefficient (Wildman–Crippen LogP) is 2.79. The van der Waals surface area contributed by atoms with Gasteiger partial charge >= 0.3 is 0 Å². The van der Waals surface area contributed by atoms with Gasteiger partial charge < -0.3 is 0 Å². The zero-order valence-corrected chi connectivity index (χ0v) is 15.3. The summed E-state index contributed by atoms with van der Waals surface area (Å²) < 4.78 is 2.78. The van der Waals surface area contributed by atoms with Crippen LogP contribution in [0.15, 0.2) is 24.3 Å². The second-order valence-corrected chi connectivity index (χ2v) is 6.38. The van der Waals surface area contributed by atoms with E-state index >= 15 is 0 Å². The Morgan fingerprint density at radius 3 is 2.33 bits per heavy atom. The van der Waals surface area contributed by atoms with Gasteiger partial charge in [-0.2, -0.15) is 14.3 Å². The van der Waals surface area contributed by atoms with Gasteiger partial charge in [0.1, 0.15) is 0 Å². The molecule has 0 aliphatic rings. The summed E-state index contributed by atoms with van der Waals surface area (Å²) in [5, 5.41) is 19.4. The van der Waals surface area contributed by atoms with Crippen LogP contribution < -0.4 is 0 Å². The molecule has 0 aliphatic carbocycles. The van der Waals surface area contributed by atoms with E-state index in [-0.39, 0.29) is 17.4 Å². The minimum absolute atomic E-state index is 0.0597. The third-order valence-electron chi connectivity index (χ3n) is 4.36. The average molecular weight is 369 g/mol. The second-order valence-electron chi connectivity index (χ2n) is 6.38. The summed E-state index contributed by atoms with van der Waals surface area (Å²) in [5.74, 6) is 0.143. The maximum atomic E-state index is 11.9. The lowest BCUT2D eigenvalue weighted by Crippen LogP contribution is -2.10. The lowest BCUT2D eigenvalue weighted by molar-refractivity contribution is -0.384. The van der Waals surface area contributed by atoms with E-state index < -0.39 is 4.92 Å². The number of aromatic nitrogens is 4. The summed E-state index contributed by atoms with van der Waals surface area (Å²) in [4.78, 5) is 34.2. The number of rotatable bonds is 6. The molecule has 0 aliphatic heterocycles. The number of nitro benzene ring substituents is 1. The highest BCUT2D eigenvalue weighted by Gasteiger charge is 2.23. The number of benzene rings is 1. The van der Waals surface area contributed by atoms with Crippen molar-refractivity contribution in [2.45, 2.75) is 40.0 Å². The Morgan fingerprint density at radius 1 is 1.11 bits per heavy atom. The largest absolute Gasteiger partial charge is 0.294 e. The van der Waals surface area contributed by atoms with Crippen molar-refractivity contribution < 1.29 is 14.5 Å². The zero-order chi connectivity index (χ0) is 19.7. The third kappa shape index (κ3) is 3.48. The highest BCUT2D eigenvalue weighted by molar-refractivity contribution is 6.02. The molecular formula is C18H19N5O4. The molecule has 2 aromatic heterocycles. The molecule has 3 aromatic rings. The van der Waals surface area contributed by atoms with Gasteiger partial charge in [-0.3, -0.25) is 19.7 Å². The van der Waals surface area contributed by atoms with E-state index in [1.165, 1.54) is 30.7 Å². The summed E-state index contributed by atoms with van der Waals surface area (Å²) in [6, 6.07) is 6.42. The van der Waals surface area contributed by atoms with Crippen molar-refractivity contribution in [1.82, 2.24) is 19.4 Å². The van der Waals surface area contributed by atoms with E-state index in [1.54, 1.807) is 23.6 Å². The molecule has 0 saturated carbocycles. The Bertz CT molecular complexity index is 1050. The lowest BCUT2D eigenvalue weighted by Gasteiger charge is -2.00. The molecule has 0 saturated heterocycles. The standard InChI is InChI=1S/C18H19N5O4/c1-11-17(12(2)24)18-21(13(3)25)20-16(22(18)19-11)6-4-5-14-7-9-15(10-8-14)23(26)27/h7-10H,4-6H2,1-3H3. The molecule has 9 nitrogen and oxygen atoms in total. The number of fused-ring (bicyclic) bond motifs is 1. The molecule has 9 heteroatoms. The number of hydrogen-bond acceptors (Lipinski definition) is 6. The Hall–Kier alpha value is -3.36. The Labute approximate surface area is 154 Å². The van der Waals surface area contributed by atoms with Gasteiger partial charge in [0, 0.05) is 25.5 Å². The zero-order valence-electron chi connectivity index (χ0n) is 15.3. The smallest absolute Gasteiger partial charge is 0.269 e. The number of Topliss-reactive ketones (excluding diaryl/α,β-unsaturated/α-hetero) is 1. The molecule has 0 radical (unpaired) electrons. The SMILES string of the molecule is CC(=O)c1c(C)nn2c(CCCc3ccc([N+](=O)[O-])cc3)nn(C(C)=O)c12. The van der Waals surface area contributed by atoms with E-state index in [0.29, 0.717) is 35.6 Å². The molecule has 0 spiro atoms. The molecule has 3 rings (SSSR count). The highest BCUT2D eigenvalue weighted by Crippen LogP contribution is 2.19. The fourth-order valence-corrected chi connectivity index (χ4v) is 3.12. The monoisotopic (exact) mass is 369 g/mol. The van der Waals surface area contributed by atoms with Crippen LogP contribution in [0.3, 0.4) is 0 Å². The van der Waals surface area contributed by atoms with Crippen LogP contribution in [-0.2, 0) is 12.8 Å². The van der Waals surface area contributed by atoms with Crippen molar-refractivity contribution in [3.05, 3.63) is 57.0 Å². The molecule has 1 aromatic carbocycles. The molecule has 0 unspecified atom stereocenters. The summed E-state index contributed by atoms with van der Waals surface area (Å²) in [6.45, 7) is 4.56. The highest BCUT2D eigenvalue weighted by atomic mass is 16.6. The number of nitrogens with zero attached hydrogens (tertiary/aromatic N) is 5. The number of ketones is 1. The first-order chi connectivity index (χ1) is 12.8. The number of aryl methyl sites for hydroxylation is 3. The topological polar surface area (TPSA) is 112 Å². The normalized spacial score (nSPS) is 11.1. The van der Waals surface area contributed by atoms with Crippen molar-refractivity contribution >= 4 is 23.0 Å². The number of non-ortho nitro benzene ring substituents is 1. The van der Waals surface area contributed by atoms with Gasteiger partial charge in [-0.05, 0) is 32.3 Å². The summed E-state index contributed by atoms with van der Waals surface area (Å²) in [5.41, 5.74) is 2.40. The van der Waals surface area contributed by atoms with Gasteiger partial charge in [0.15, 0.2) is 17.3 Å². The molecule has 0 N–H and O–H groups in total. The van der Waals surface area contributed by atoms with Gasteiger partial charge in [-0.15, -0.1) is 5.10 Å². The Kier molecular flexibility index (Phi) is 4.85. The predicted molar refractivity (Wildman–Crippen MR) is 97.1 cm³/mol. The fourth-order valence-electron chi connectivity index (χ4n) is 3.12. The first kappa shape index (κ1) is 18.4. The molecule has 2 heterocycles. The first-order valence-electron chi connectivity index (χ1n) is 8.52. The van der Waals surface area contributed by atoms with Crippen molar-refractivity contribution in [3.8, 4) is 0 Å². The van der Waals surface area contributed by atoms with E-state index in [0.717, 1.165) is 12.0 Å². The number of carbonyl (C=O) groups is 2. The van der Waals surface area contributed by atoms with Gasteiger partial charge in [0.05, 0.1) is 16.2 Å². The maximum Gasteiger partial charge on any atom is 0.269 e. The maximum absolute atomic E-state index is 11.9. The Morgan fingerprint density at radius 2 is 1.78 bits per heavy atom. The van der Waals surface area contributed by atoms with Crippen LogP contribution >= 0.6 is 0 Å². The van der Waals surface area contributed by atoms with Gasteiger partial charge in [0.25, 0.3) is 5.69 Å². The van der Waals surface area contributed by atoms with Crippen LogP contribution in [0.1, 0.15) is 52.5 Å². The van der Waals surface area contributed by atoms with Crippen LogP contribution in [0.2, 0.25) is 0 Å². The van der Waals surface area contributed by atoms with Gasteiger partial charge in [0.2, 0.25) is 5.91 Å². The fraction of sp³-hybridized carbons (Fsp3) is 0.333. The quantitative estimate of drug-likeness (QED) is 0.375. The van der Waals surface area contributed by atoms with Crippen molar-refractivity contribution in [1.29, 1.82) is 0 Å². The molecule has 0 bridgehead atoms. The first-order valence-corrected chi connectivity index (χ1v) is 8.52. The molecule has 27 heavy (non-hydrogen) atoms. The second kappa shape index (κ2) is 7.10. The number of carbonyl (C=O) groups excluding carboxylic acids is 2. The van der Waals surface area contributed by atoms with Crippen LogP contribution in [0.4, 0.5) is 5.69 Å². The van der Waals surface area contributed by atoms with Crippen molar-refractivity contribution in [2.24, 2.45) is 0 Å². The Balaban J connectivity index is 1.83. The summed E-state index contributed by atoms with van der Waals surface area (Å²) in [7, 11) is 0. The lowest BCUT2D eigenvalue weighted by atomic mass is 10.1. The third-order valence-corrected chi connectivity index (χ3v) is 4.36. The number of nitro groups is 1. The van der Waals surface area contributed by atoms with E-state index in [4.69, 9.17) is 0 Å². The molecule has 0 fully saturated rings. The molecule has 140 valence electrons. The minimum atomic E-state index is -0.429. The van der Waals surface area contributed by atoms with Gasteiger partial charge in [-0.1, -0.05) is 12.1 Å². The van der Waals surface area contributed by atoms with Crippen LogP contribution in [0.5, 0.6) is 0 Å². The molecule has 0 amide bonds.